The summed E-state index contributed by atoms with van der Waals surface area (Å²) in [6.45, 7) is 5.20. The molecule has 0 spiro atoms. The molecular formula is C17H22N4O5S. The van der Waals surface area contributed by atoms with Gasteiger partial charge in [0.05, 0.1) is 16.5 Å². The number of nitrogens with zero attached hydrogens (tertiary/aromatic N) is 2. The Morgan fingerprint density at radius 1 is 1.33 bits per heavy atom. The average molecular weight is 394 g/mol. The number of hydrogen-bond acceptors (Lipinski definition) is 6. The van der Waals surface area contributed by atoms with E-state index in [0.29, 0.717) is 12.0 Å². The first-order chi connectivity index (χ1) is 12.6. The lowest BCUT2D eigenvalue weighted by atomic mass is 10.2. The fourth-order valence-corrected chi connectivity index (χ4v) is 3.92. The number of carbonyl (C=O) groups excluding carboxylic acids is 2. The molecule has 1 heterocycles. The summed E-state index contributed by atoms with van der Waals surface area (Å²) in [5.41, 5.74) is -0.371. The van der Waals surface area contributed by atoms with Crippen molar-refractivity contribution in [3.05, 3.63) is 29.8 Å². The molecule has 0 bridgehead atoms. The molecule has 0 unspecified atom stereocenters. The van der Waals surface area contributed by atoms with Gasteiger partial charge in [-0.05, 0) is 45.0 Å². The number of benzene rings is 1. The van der Waals surface area contributed by atoms with Crippen molar-refractivity contribution in [2.75, 3.05) is 6.54 Å². The molecule has 1 aromatic rings. The summed E-state index contributed by atoms with van der Waals surface area (Å²) in [6.07, 6.45) is -0.652. The van der Waals surface area contributed by atoms with Crippen molar-refractivity contribution in [2.24, 2.45) is 0 Å². The molecule has 10 heteroatoms. The minimum atomic E-state index is -3.85. The van der Waals surface area contributed by atoms with Crippen molar-refractivity contribution in [2.45, 2.75) is 49.9 Å². The summed E-state index contributed by atoms with van der Waals surface area (Å²) in [5, 5.41) is 11.3. The standard InChI is InChI=1S/C17H22N4O5S/c1-17(2,3)26-16(23)21-10-13(8-15(21)19-11-22)20-27(24,25)14-6-4-12(9-18)5-7-14/h4-7,11,13,15,20H,8,10H2,1-3H3,(H,19,22)/t13-,15+/m1/s1. The Kier molecular flexibility index (Phi) is 6.08. The van der Waals surface area contributed by atoms with Crippen LogP contribution in [-0.4, -0.2) is 50.2 Å². The Morgan fingerprint density at radius 2 is 1.96 bits per heavy atom. The molecule has 1 aliphatic rings. The Labute approximate surface area is 158 Å². The lowest BCUT2D eigenvalue weighted by Gasteiger charge is -2.28. The summed E-state index contributed by atoms with van der Waals surface area (Å²) < 4.78 is 32.9. The van der Waals surface area contributed by atoms with Crippen LogP contribution in [0.4, 0.5) is 4.79 Å². The number of rotatable bonds is 5. The van der Waals surface area contributed by atoms with Crippen LogP contribution in [0, 0.1) is 11.3 Å². The van der Waals surface area contributed by atoms with E-state index in [1.807, 2.05) is 6.07 Å². The van der Waals surface area contributed by atoms with Crippen LogP contribution in [0.5, 0.6) is 0 Å². The number of amides is 2. The van der Waals surface area contributed by atoms with Gasteiger partial charge in [-0.1, -0.05) is 0 Å². The maximum atomic E-state index is 12.5. The van der Waals surface area contributed by atoms with Crippen LogP contribution in [-0.2, 0) is 19.6 Å². The molecule has 1 aliphatic heterocycles. The summed E-state index contributed by atoms with van der Waals surface area (Å²) in [6, 6.07) is 6.81. The van der Waals surface area contributed by atoms with Crippen LogP contribution in [0.1, 0.15) is 32.8 Å². The number of likely N-dealkylation sites (tertiary alicyclic amines) is 1. The number of carbonyl (C=O) groups is 2. The highest BCUT2D eigenvalue weighted by atomic mass is 32.2. The van der Waals surface area contributed by atoms with Crippen molar-refractivity contribution >= 4 is 22.5 Å². The SMILES string of the molecule is CC(C)(C)OC(=O)N1C[C@H](NS(=O)(=O)c2ccc(C#N)cc2)C[C@H]1NC=O. The minimum absolute atomic E-state index is 0.0112. The average Bonchev–Trinajstić information content (AvgIpc) is 2.95. The van der Waals surface area contributed by atoms with Crippen LogP contribution in [0.3, 0.4) is 0 Å². The van der Waals surface area contributed by atoms with Crippen molar-refractivity contribution < 1.29 is 22.7 Å². The molecule has 0 aliphatic carbocycles. The molecule has 27 heavy (non-hydrogen) atoms. The molecule has 2 rings (SSSR count). The summed E-state index contributed by atoms with van der Waals surface area (Å²) in [4.78, 5) is 24.5. The van der Waals surface area contributed by atoms with Gasteiger partial charge >= 0.3 is 6.09 Å². The molecule has 2 atom stereocenters. The van der Waals surface area contributed by atoms with Gasteiger partial charge in [0.25, 0.3) is 0 Å². The second kappa shape index (κ2) is 7.94. The van der Waals surface area contributed by atoms with E-state index in [2.05, 4.69) is 10.0 Å². The van der Waals surface area contributed by atoms with E-state index in [4.69, 9.17) is 10.00 Å². The first kappa shape index (κ1) is 20.7. The largest absolute Gasteiger partial charge is 0.444 e. The maximum absolute atomic E-state index is 12.5. The third kappa shape index (κ3) is 5.42. The van der Waals surface area contributed by atoms with Crippen LogP contribution in [0.15, 0.2) is 29.2 Å². The summed E-state index contributed by atoms with van der Waals surface area (Å²) in [7, 11) is -3.85. The molecule has 146 valence electrons. The smallest absolute Gasteiger partial charge is 0.411 e. The van der Waals surface area contributed by atoms with Gasteiger partial charge in [-0.2, -0.15) is 5.26 Å². The Hall–Kier alpha value is -2.64. The molecule has 9 nitrogen and oxygen atoms in total. The first-order valence-electron chi connectivity index (χ1n) is 8.27. The quantitative estimate of drug-likeness (QED) is 0.715. The number of nitriles is 1. The van der Waals surface area contributed by atoms with E-state index in [1.165, 1.54) is 29.2 Å². The van der Waals surface area contributed by atoms with Crippen LogP contribution in [0.25, 0.3) is 0 Å². The first-order valence-corrected chi connectivity index (χ1v) is 9.76. The predicted octanol–water partition coefficient (Wildman–Crippen LogP) is 0.918. The van der Waals surface area contributed by atoms with Gasteiger partial charge in [0, 0.05) is 19.0 Å². The molecule has 2 amide bonds. The van der Waals surface area contributed by atoms with Crippen molar-refractivity contribution in [1.29, 1.82) is 5.26 Å². The third-order valence-corrected chi connectivity index (χ3v) is 5.34. The second-order valence-electron chi connectivity index (χ2n) is 7.12. The zero-order chi connectivity index (χ0) is 20.2. The van der Waals surface area contributed by atoms with E-state index in [0.717, 1.165) is 0 Å². The molecule has 0 radical (unpaired) electrons. The van der Waals surface area contributed by atoms with Gasteiger partial charge in [-0.25, -0.2) is 17.9 Å². The molecule has 1 fully saturated rings. The van der Waals surface area contributed by atoms with Crippen LogP contribution < -0.4 is 10.0 Å². The summed E-state index contributed by atoms with van der Waals surface area (Å²) >= 11 is 0. The van der Waals surface area contributed by atoms with Crippen LogP contribution in [0.2, 0.25) is 0 Å². The highest BCUT2D eigenvalue weighted by Gasteiger charge is 2.39. The zero-order valence-corrected chi connectivity index (χ0v) is 16.1. The lowest BCUT2D eigenvalue weighted by molar-refractivity contribution is -0.110. The minimum Gasteiger partial charge on any atom is -0.444 e. The zero-order valence-electron chi connectivity index (χ0n) is 15.3. The van der Waals surface area contributed by atoms with E-state index in [-0.39, 0.29) is 17.9 Å². The number of sulfonamides is 1. The van der Waals surface area contributed by atoms with Crippen molar-refractivity contribution in [3.63, 3.8) is 0 Å². The number of hydrogen-bond donors (Lipinski definition) is 2. The molecule has 2 N–H and O–H groups in total. The number of nitrogens with one attached hydrogen (secondary N) is 2. The van der Waals surface area contributed by atoms with Gasteiger partial charge in [-0.3, -0.25) is 9.69 Å². The third-order valence-electron chi connectivity index (χ3n) is 3.81. The topological polar surface area (TPSA) is 129 Å². The van der Waals surface area contributed by atoms with E-state index in [1.54, 1.807) is 20.8 Å². The number of ether oxygens (including phenoxy) is 1. The van der Waals surface area contributed by atoms with Gasteiger partial charge in [0.15, 0.2) is 0 Å². The lowest BCUT2D eigenvalue weighted by Crippen LogP contribution is -2.46. The Balaban J connectivity index is 2.13. The molecule has 0 saturated carbocycles. The second-order valence-corrected chi connectivity index (χ2v) is 8.84. The van der Waals surface area contributed by atoms with Gasteiger partial charge in [-0.15, -0.1) is 0 Å². The highest BCUT2D eigenvalue weighted by molar-refractivity contribution is 7.89. The van der Waals surface area contributed by atoms with Gasteiger partial charge in [0.1, 0.15) is 11.8 Å². The fourth-order valence-electron chi connectivity index (χ4n) is 2.68. The summed E-state index contributed by atoms with van der Waals surface area (Å²) in [5.74, 6) is 0. The van der Waals surface area contributed by atoms with Gasteiger partial charge < -0.3 is 10.1 Å². The van der Waals surface area contributed by atoms with Crippen molar-refractivity contribution in [1.82, 2.24) is 14.9 Å². The molecule has 1 saturated heterocycles. The molecule has 0 aromatic heterocycles. The Morgan fingerprint density at radius 3 is 2.48 bits per heavy atom. The Bertz CT molecular complexity index is 840. The molecule has 1 aromatic carbocycles. The highest BCUT2D eigenvalue weighted by Crippen LogP contribution is 2.21. The van der Waals surface area contributed by atoms with Crippen molar-refractivity contribution in [3.8, 4) is 6.07 Å². The monoisotopic (exact) mass is 394 g/mol. The van der Waals surface area contributed by atoms with E-state index >= 15 is 0 Å². The fraction of sp³-hybridized carbons (Fsp3) is 0.471. The predicted molar refractivity (Wildman–Crippen MR) is 95.8 cm³/mol. The molecular weight excluding hydrogens is 372 g/mol. The maximum Gasteiger partial charge on any atom is 0.411 e. The normalized spacial score (nSPS) is 20.0. The van der Waals surface area contributed by atoms with Gasteiger partial charge in [0.2, 0.25) is 16.4 Å². The van der Waals surface area contributed by atoms with E-state index in [9.17, 15) is 18.0 Å². The van der Waals surface area contributed by atoms with Crippen LogP contribution >= 0.6 is 0 Å². The van der Waals surface area contributed by atoms with E-state index < -0.39 is 33.9 Å².